The summed E-state index contributed by atoms with van der Waals surface area (Å²) in [5.41, 5.74) is 6.13. The summed E-state index contributed by atoms with van der Waals surface area (Å²) in [7, 11) is 0. The van der Waals surface area contributed by atoms with Gasteiger partial charge in [-0.25, -0.2) is 0 Å². The van der Waals surface area contributed by atoms with Gasteiger partial charge in [-0.3, -0.25) is 0 Å². The monoisotopic (exact) mass is 183 g/mol. The standard InChI is InChI=1S/C12H25N/c1-10(2)7-8-11(3,4)9-12(5,6)13/h7-8,10H,9,13H2,1-6H3/b8-7+. The Bertz CT molecular complexity index is 170. The predicted octanol–water partition coefficient (Wildman–Crippen LogP) is 3.35. The van der Waals surface area contributed by atoms with Crippen molar-refractivity contribution in [3.63, 3.8) is 0 Å². The Morgan fingerprint density at radius 3 is 1.92 bits per heavy atom. The third-order valence-corrected chi connectivity index (χ3v) is 1.84. The molecule has 2 N–H and O–H groups in total. The molecule has 0 fully saturated rings. The Morgan fingerprint density at radius 1 is 1.15 bits per heavy atom. The second-order valence-electron chi connectivity index (χ2n) is 5.76. The maximum Gasteiger partial charge on any atom is 0.0105 e. The molecule has 0 spiro atoms. The van der Waals surface area contributed by atoms with E-state index in [1.165, 1.54) is 0 Å². The minimum atomic E-state index is -0.0786. The Balaban J connectivity index is 4.24. The Hall–Kier alpha value is -0.300. The quantitative estimate of drug-likeness (QED) is 0.665. The Kier molecular flexibility index (Phi) is 4.18. The minimum absolute atomic E-state index is 0.0786. The predicted molar refractivity (Wildman–Crippen MR) is 60.6 cm³/mol. The van der Waals surface area contributed by atoms with Gasteiger partial charge >= 0.3 is 0 Å². The summed E-state index contributed by atoms with van der Waals surface area (Å²) in [4.78, 5) is 0. The lowest BCUT2D eigenvalue weighted by Crippen LogP contribution is -2.36. The highest BCUT2D eigenvalue weighted by Gasteiger charge is 2.22. The van der Waals surface area contributed by atoms with Crippen LogP contribution in [-0.4, -0.2) is 5.54 Å². The lowest BCUT2D eigenvalue weighted by Gasteiger charge is -2.29. The first-order valence-corrected chi connectivity index (χ1v) is 5.11. The van der Waals surface area contributed by atoms with Gasteiger partial charge < -0.3 is 5.73 Å². The fraction of sp³-hybridized carbons (Fsp3) is 0.833. The second kappa shape index (κ2) is 4.28. The van der Waals surface area contributed by atoms with Gasteiger partial charge in [0.1, 0.15) is 0 Å². The first-order valence-electron chi connectivity index (χ1n) is 5.11. The van der Waals surface area contributed by atoms with Gasteiger partial charge in [0.15, 0.2) is 0 Å². The van der Waals surface area contributed by atoms with Gasteiger partial charge in [-0.1, -0.05) is 39.8 Å². The molecule has 0 amide bonds. The van der Waals surface area contributed by atoms with Crippen LogP contribution in [0.15, 0.2) is 12.2 Å². The molecule has 0 unspecified atom stereocenters. The van der Waals surface area contributed by atoms with Gasteiger partial charge in [0.25, 0.3) is 0 Å². The number of rotatable bonds is 4. The highest BCUT2D eigenvalue weighted by Crippen LogP contribution is 2.28. The number of hydrogen-bond donors (Lipinski definition) is 1. The third kappa shape index (κ3) is 8.04. The van der Waals surface area contributed by atoms with Crippen molar-refractivity contribution in [3.8, 4) is 0 Å². The SMILES string of the molecule is CC(C)/C=C/C(C)(C)CC(C)(C)N. The fourth-order valence-corrected chi connectivity index (χ4v) is 1.69. The largest absolute Gasteiger partial charge is 0.326 e. The molecule has 1 heteroatoms. The second-order valence-corrected chi connectivity index (χ2v) is 5.76. The molecule has 0 bridgehead atoms. The fourth-order valence-electron chi connectivity index (χ4n) is 1.69. The highest BCUT2D eigenvalue weighted by molar-refractivity contribution is 4.99. The van der Waals surface area contributed by atoms with Crippen LogP contribution in [-0.2, 0) is 0 Å². The molecule has 0 heterocycles. The molecule has 0 aromatic heterocycles. The van der Waals surface area contributed by atoms with E-state index in [0.717, 1.165) is 6.42 Å². The van der Waals surface area contributed by atoms with E-state index >= 15 is 0 Å². The zero-order chi connectivity index (χ0) is 10.7. The molecule has 0 aliphatic carbocycles. The topological polar surface area (TPSA) is 26.0 Å². The van der Waals surface area contributed by atoms with Crippen molar-refractivity contribution in [1.82, 2.24) is 0 Å². The summed E-state index contributed by atoms with van der Waals surface area (Å²) in [5.74, 6) is 0.625. The molecule has 0 aromatic carbocycles. The van der Waals surface area contributed by atoms with Crippen molar-refractivity contribution >= 4 is 0 Å². The number of nitrogens with two attached hydrogens (primary N) is 1. The summed E-state index contributed by atoms with van der Waals surface area (Å²) in [6.07, 6.45) is 5.56. The molecule has 78 valence electrons. The van der Waals surface area contributed by atoms with Crippen LogP contribution in [0.2, 0.25) is 0 Å². The van der Waals surface area contributed by atoms with Gasteiger partial charge in [0.05, 0.1) is 0 Å². The molecule has 0 saturated carbocycles. The van der Waals surface area contributed by atoms with Gasteiger partial charge in [-0.15, -0.1) is 0 Å². The molecule has 0 rings (SSSR count). The summed E-state index contributed by atoms with van der Waals surface area (Å²) in [6, 6.07) is 0. The van der Waals surface area contributed by atoms with Gasteiger partial charge in [0, 0.05) is 5.54 Å². The molecule has 0 atom stereocenters. The lowest BCUT2D eigenvalue weighted by molar-refractivity contribution is 0.322. The normalized spacial score (nSPS) is 14.5. The molecule has 0 radical (unpaired) electrons. The van der Waals surface area contributed by atoms with E-state index < -0.39 is 0 Å². The van der Waals surface area contributed by atoms with Crippen LogP contribution in [0.4, 0.5) is 0 Å². The maximum absolute atomic E-state index is 5.99. The van der Waals surface area contributed by atoms with Crippen LogP contribution < -0.4 is 5.73 Å². The first kappa shape index (κ1) is 12.7. The molecule has 1 nitrogen and oxygen atoms in total. The number of allylic oxidation sites excluding steroid dienone is 2. The average Bonchev–Trinajstić information content (AvgIpc) is 1.78. The zero-order valence-electron chi connectivity index (χ0n) is 10.0. The van der Waals surface area contributed by atoms with Crippen LogP contribution in [0, 0.1) is 11.3 Å². The van der Waals surface area contributed by atoms with Crippen LogP contribution in [0.1, 0.15) is 48.0 Å². The van der Waals surface area contributed by atoms with Gasteiger partial charge in [0.2, 0.25) is 0 Å². The van der Waals surface area contributed by atoms with E-state index in [0.29, 0.717) is 5.92 Å². The molecule has 0 aliphatic heterocycles. The number of hydrogen-bond acceptors (Lipinski definition) is 1. The van der Waals surface area contributed by atoms with Crippen LogP contribution >= 0.6 is 0 Å². The lowest BCUT2D eigenvalue weighted by atomic mass is 9.80. The van der Waals surface area contributed by atoms with E-state index in [1.54, 1.807) is 0 Å². The van der Waals surface area contributed by atoms with E-state index in [1.807, 2.05) is 0 Å². The Labute approximate surface area is 83.4 Å². The van der Waals surface area contributed by atoms with E-state index in [-0.39, 0.29) is 11.0 Å². The van der Waals surface area contributed by atoms with Gasteiger partial charge in [-0.05, 0) is 31.6 Å². The molecular formula is C12H25N. The Morgan fingerprint density at radius 2 is 1.62 bits per heavy atom. The first-order chi connectivity index (χ1) is 5.62. The summed E-state index contributed by atoms with van der Waals surface area (Å²) >= 11 is 0. The van der Waals surface area contributed by atoms with Crippen molar-refractivity contribution < 1.29 is 0 Å². The van der Waals surface area contributed by atoms with Crippen molar-refractivity contribution in [2.45, 2.75) is 53.5 Å². The average molecular weight is 183 g/mol. The van der Waals surface area contributed by atoms with Crippen molar-refractivity contribution in [3.05, 3.63) is 12.2 Å². The molecule has 0 aromatic rings. The van der Waals surface area contributed by atoms with E-state index in [2.05, 4.69) is 53.7 Å². The van der Waals surface area contributed by atoms with Crippen molar-refractivity contribution in [2.24, 2.45) is 17.1 Å². The zero-order valence-corrected chi connectivity index (χ0v) is 10.0. The highest BCUT2D eigenvalue weighted by atomic mass is 14.7. The third-order valence-electron chi connectivity index (χ3n) is 1.84. The van der Waals surface area contributed by atoms with Crippen molar-refractivity contribution in [1.29, 1.82) is 0 Å². The summed E-state index contributed by atoms with van der Waals surface area (Å²) < 4.78 is 0. The minimum Gasteiger partial charge on any atom is -0.326 e. The van der Waals surface area contributed by atoms with E-state index in [4.69, 9.17) is 5.73 Å². The maximum atomic E-state index is 5.99. The van der Waals surface area contributed by atoms with Crippen LogP contribution in [0.5, 0.6) is 0 Å². The van der Waals surface area contributed by atoms with Crippen LogP contribution in [0.3, 0.4) is 0 Å². The molecule has 0 saturated heterocycles. The summed E-state index contributed by atoms with van der Waals surface area (Å²) in [5, 5.41) is 0. The van der Waals surface area contributed by atoms with E-state index in [9.17, 15) is 0 Å². The molecular weight excluding hydrogens is 158 g/mol. The van der Waals surface area contributed by atoms with Crippen LogP contribution in [0.25, 0.3) is 0 Å². The molecule has 13 heavy (non-hydrogen) atoms. The van der Waals surface area contributed by atoms with Gasteiger partial charge in [-0.2, -0.15) is 0 Å². The smallest absolute Gasteiger partial charge is 0.0105 e. The van der Waals surface area contributed by atoms with Crippen molar-refractivity contribution in [2.75, 3.05) is 0 Å². The summed E-state index contributed by atoms with van der Waals surface area (Å²) in [6.45, 7) is 13.0. The molecule has 0 aliphatic rings.